The molecule has 0 aliphatic rings. The summed E-state index contributed by atoms with van der Waals surface area (Å²) in [5.74, 6) is 0.776. The molecule has 0 spiro atoms. The number of rotatable bonds is 4. The van der Waals surface area contributed by atoms with E-state index in [0.29, 0.717) is 6.61 Å². The highest BCUT2D eigenvalue weighted by atomic mass is 16.5. The third kappa shape index (κ3) is 2.72. The molecule has 0 radical (unpaired) electrons. The van der Waals surface area contributed by atoms with Crippen molar-refractivity contribution < 1.29 is 9.84 Å². The predicted molar refractivity (Wildman–Crippen MR) is 99.5 cm³/mol. The van der Waals surface area contributed by atoms with Crippen molar-refractivity contribution in [1.82, 2.24) is 0 Å². The number of fused-ring (bicyclic) bond motifs is 2. The van der Waals surface area contributed by atoms with Crippen LogP contribution >= 0.6 is 0 Å². The second-order valence-electron chi connectivity index (χ2n) is 5.82. The fourth-order valence-corrected chi connectivity index (χ4v) is 3.11. The Hall–Kier alpha value is -2.84. The Morgan fingerprint density at radius 1 is 0.708 bits per heavy atom. The highest BCUT2D eigenvalue weighted by Gasteiger charge is 2.06. The van der Waals surface area contributed by atoms with Crippen LogP contribution in [0.25, 0.3) is 32.7 Å². The molecule has 0 aliphatic carbocycles. The highest BCUT2D eigenvalue weighted by Crippen LogP contribution is 2.32. The molecular weight excluding hydrogens is 296 g/mol. The summed E-state index contributed by atoms with van der Waals surface area (Å²) in [7, 11) is 0. The first-order chi connectivity index (χ1) is 11.8. The van der Waals surface area contributed by atoms with Gasteiger partial charge in [0.05, 0.1) is 6.61 Å². The monoisotopic (exact) mass is 314 g/mol. The van der Waals surface area contributed by atoms with E-state index in [0.717, 1.165) is 11.3 Å². The summed E-state index contributed by atoms with van der Waals surface area (Å²) in [6, 6.07) is 27.4. The van der Waals surface area contributed by atoms with E-state index in [2.05, 4.69) is 66.7 Å². The van der Waals surface area contributed by atoms with E-state index in [9.17, 15) is 0 Å². The summed E-state index contributed by atoms with van der Waals surface area (Å²) in [4.78, 5) is 0. The molecule has 118 valence electrons. The summed E-state index contributed by atoms with van der Waals surface area (Å²) in [5.41, 5.74) is 2.37. The van der Waals surface area contributed by atoms with E-state index < -0.39 is 0 Å². The van der Waals surface area contributed by atoms with Gasteiger partial charge in [-0.15, -0.1) is 0 Å². The molecule has 0 aromatic heterocycles. The van der Waals surface area contributed by atoms with Crippen molar-refractivity contribution in [3.05, 3.63) is 78.9 Å². The Balaban J connectivity index is 1.82. The zero-order valence-corrected chi connectivity index (χ0v) is 13.3. The molecule has 4 aromatic rings. The first-order valence-corrected chi connectivity index (χ1v) is 8.11. The van der Waals surface area contributed by atoms with Gasteiger partial charge in [0.25, 0.3) is 0 Å². The van der Waals surface area contributed by atoms with Gasteiger partial charge in [0.1, 0.15) is 12.4 Å². The van der Waals surface area contributed by atoms with E-state index in [4.69, 9.17) is 9.84 Å². The molecule has 4 rings (SSSR count). The minimum absolute atomic E-state index is 0.0259. The van der Waals surface area contributed by atoms with Crippen molar-refractivity contribution in [2.24, 2.45) is 0 Å². The molecule has 0 saturated heterocycles. The minimum Gasteiger partial charge on any atom is -0.491 e. The van der Waals surface area contributed by atoms with Crippen LogP contribution in [0.3, 0.4) is 0 Å². The van der Waals surface area contributed by atoms with Crippen LogP contribution in [0, 0.1) is 0 Å². The number of hydrogen-bond acceptors (Lipinski definition) is 2. The zero-order chi connectivity index (χ0) is 16.4. The van der Waals surface area contributed by atoms with Crippen LogP contribution in [-0.2, 0) is 0 Å². The van der Waals surface area contributed by atoms with Gasteiger partial charge in [0, 0.05) is 0 Å². The van der Waals surface area contributed by atoms with Crippen LogP contribution in [0.4, 0.5) is 0 Å². The van der Waals surface area contributed by atoms with Crippen LogP contribution in [0.2, 0.25) is 0 Å². The molecule has 0 aliphatic heterocycles. The summed E-state index contributed by atoms with van der Waals surface area (Å²) >= 11 is 0. The molecule has 24 heavy (non-hydrogen) atoms. The van der Waals surface area contributed by atoms with Crippen molar-refractivity contribution in [1.29, 1.82) is 0 Å². The van der Waals surface area contributed by atoms with Crippen molar-refractivity contribution in [3.8, 4) is 16.9 Å². The van der Waals surface area contributed by atoms with Gasteiger partial charge in [-0.25, -0.2) is 0 Å². The molecule has 1 N–H and O–H groups in total. The fraction of sp³-hybridized carbons (Fsp3) is 0.0909. The van der Waals surface area contributed by atoms with Crippen LogP contribution in [0.15, 0.2) is 78.9 Å². The molecular formula is C22H18O2. The van der Waals surface area contributed by atoms with Crippen molar-refractivity contribution in [2.45, 2.75) is 0 Å². The van der Waals surface area contributed by atoms with Gasteiger partial charge < -0.3 is 9.84 Å². The zero-order valence-electron chi connectivity index (χ0n) is 13.3. The second kappa shape index (κ2) is 6.34. The van der Waals surface area contributed by atoms with Crippen LogP contribution in [0.1, 0.15) is 0 Å². The standard InChI is InChI=1S/C22H18O2/c23-12-13-24-20-10-8-16(9-11-20)21-7-3-6-19-14-17-4-1-2-5-18(17)15-22(19)21/h1-11,14-15,23H,12-13H2. The summed E-state index contributed by atoms with van der Waals surface area (Å²) in [6.45, 7) is 0.345. The summed E-state index contributed by atoms with van der Waals surface area (Å²) in [6.07, 6.45) is 0. The van der Waals surface area contributed by atoms with E-state index >= 15 is 0 Å². The number of aliphatic hydroxyl groups is 1. The van der Waals surface area contributed by atoms with E-state index in [-0.39, 0.29) is 6.61 Å². The maximum atomic E-state index is 8.84. The Labute approximate surface area is 140 Å². The molecule has 0 fully saturated rings. The first-order valence-electron chi connectivity index (χ1n) is 8.11. The average molecular weight is 314 g/mol. The quantitative estimate of drug-likeness (QED) is 0.535. The lowest BCUT2D eigenvalue weighted by atomic mass is 9.95. The third-order valence-electron chi connectivity index (χ3n) is 4.27. The first kappa shape index (κ1) is 14.7. The van der Waals surface area contributed by atoms with E-state index in [1.807, 2.05) is 12.1 Å². The Morgan fingerprint density at radius 3 is 2.17 bits per heavy atom. The summed E-state index contributed by atoms with van der Waals surface area (Å²) in [5, 5.41) is 13.8. The van der Waals surface area contributed by atoms with Crippen molar-refractivity contribution in [3.63, 3.8) is 0 Å². The topological polar surface area (TPSA) is 29.5 Å². The fourth-order valence-electron chi connectivity index (χ4n) is 3.11. The normalized spacial score (nSPS) is 11.0. The molecule has 0 bridgehead atoms. The second-order valence-corrected chi connectivity index (χ2v) is 5.82. The molecule has 0 heterocycles. The van der Waals surface area contributed by atoms with Crippen LogP contribution in [0.5, 0.6) is 5.75 Å². The number of aliphatic hydroxyl groups excluding tert-OH is 1. The largest absolute Gasteiger partial charge is 0.491 e. The molecule has 0 unspecified atom stereocenters. The molecule has 4 aromatic carbocycles. The number of hydrogen-bond donors (Lipinski definition) is 1. The Kier molecular flexibility index (Phi) is 3.89. The van der Waals surface area contributed by atoms with Gasteiger partial charge in [-0.2, -0.15) is 0 Å². The van der Waals surface area contributed by atoms with Gasteiger partial charge in [0.15, 0.2) is 0 Å². The van der Waals surface area contributed by atoms with Crippen molar-refractivity contribution >= 4 is 21.5 Å². The lowest BCUT2D eigenvalue weighted by Gasteiger charge is -2.10. The van der Waals surface area contributed by atoms with E-state index in [1.54, 1.807) is 0 Å². The summed E-state index contributed by atoms with van der Waals surface area (Å²) < 4.78 is 5.44. The van der Waals surface area contributed by atoms with E-state index in [1.165, 1.54) is 27.1 Å². The maximum absolute atomic E-state index is 8.84. The van der Waals surface area contributed by atoms with Crippen LogP contribution in [-0.4, -0.2) is 18.3 Å². The third-order valence-corrected chi connectivity index (χ3v) is 4.27. The SMILES string of the molecule is OCCOc1ccc(-c2cccc3cc4ccccc4cc23)cc1. The minimum atomic E-state index is 0.0259. The van der Waals surface area contributed by atoms with Crippen molar-refractivity contribution in [2.75, 3.05) is 13.2 Å². The predicted octanol–water partition coefficient (Wildman–Crippen LogP) is 5.03. The van der Waals surface area contributed by atoms with Gasteiger partial charge in [-0.1, -0.05) is 54.6 Å². The molecule has 0 saturated carbocycles. The Bertz CT molecular complexity index is 988. The number of benzene rings is 4. The van der Waals surface area contributed by atoms with Gasteiger partial charge in [0.2, 0.25) is 0 Å². The van der Waals surface area contributed by atoms with Crippen LogP contribution < -0.4 is 4.74 Å². The lowest BCUT2D eigenvalue weighted by molar-refractivity contribution is 0.201. The maximum Gasteiger partial charge on any atom is 0.119 e. The average Bonchev–Trinajstić information content (AvgIpc) is 2.64. The van der Waals surface area contributed by atoms with Gasteiger partial charge in [-0.05, 0) is 56.9 Å². The molecule has 0 atom stereocenters. The molecule has 2 heteroatoms. The van der Waals surface area contributed by atoms with Gasteiger partial charge in [-0.3, -0.25) is 0 Å². The molecule has 0 amide bonds. The van der Waals surface area contributed by atoms with Gasteiger partial charge >= 0.3 is 0 Å². The highest BCUT2D eigenvalue weighted by molar-refractivity contribution is 6.04. The molecule has 2 nitrogen and oxygen atoms in total. The lowest BCUT2D eigenvalue weighted by Crippen LogP contribution is -2.01. The Morgan fingerprint density at radius 2 is 1.42 bits per heavy atom. The smallest absolute Gasteiger partial charge is 0.119 e. The number of ether oxygens (including phenoxy) is 1.